The Morgan fingerprint density at radius 2 is 1.95 bits per heavy atom. The highest BCUT2D eigenvalue weighted by Crippen LogP contribution is 2.25. The van der Waals surface area contributed by atoms with E-state index in [0.717, 1.165) is 31.2 Å². The monoisotopic (exact) mass is 321 g/mol. The number of rotatable bonds is 6. The summed E-state index contributed by atoms with van der Waals surface area (Å²) in [6.45, 7) is 0.132. The molecule has 1 saturated carbocycles. The number of nitrogens with zero attached hydrogens (tertiary/aromatic N) is 3. The molecule has 22 heavy (non-hydrogen) atoms. The molecule has 1 aliphatic rings. The summed E-state index contributed by atoms with van der Waals surface area (Å²) in [5, 5.41) is 6.85. The molecule has 0 radical (unpaired) electrons. The van der Waals surface area contributed by atoms with Gasteiger partial charge >= 0.3 is 0 Å². The molecule has 0 atom stereocenters. The average Bonchev–Trinajstić information content (AvgIpc) is 3.17. The highest BCUT2D eigenvalue weighted by molar-refractivity contribution is 7.89. The Labute approximate surface area is 129 Å². The number of nitrogens with one attached hydrogen (secondary N) is 2. The van der Waals surface area contributed by atoms with Crippen LogP contribution in [0.5, 0.6) is 0 Å². The summed E-state index contributed by atoms with van der Waals surface area (Å²) < 4.78 is 26.7. The minimum atomic E-state index is -3.27. The number of aromatic amines is 1. The average molecular weight is 321 g/mol. The van der Waals surface area contributed by atoms with E-state index in [1.165, 1.54) is 0 Å². The van der Waals surface area contributed by atoms with Gasteiger partial charge in [0.2, 0.25) is 10.0 Å². The van der Waals surface area contributed by atoms with Crippen LogP contribution in [-0.2, 0) is 16.6 Å². The van der Waals surface area contributed by atoms with Gasteiger partial charge in [0.15, 0.2) is 5.82 Å². The SMILES string of the molecule is O=S(=O)(CC1CCCC1)NCc1nc(-c2ccncc2)n[nH]1. The first-order valence-electron chi connectivity index (χ1n) is 7.41. The Bertz CT molecular complexity index is 708. The maximum absolute atomic E-state index is 12.1. The molecule has 0 bridgehead atoms. The van der Waals surface area contributed by atoms with Crippen LogP contribution in [0.1, 0.15) is 31.5 Å². The molecule has 2 aromatic heterocycles. The van der Waals surface area contributed by atoms with E-state index in [-0.39, 0.29) is 12.3 Å². The highest BCUT2D eigenvalue weighted by Gasteiger charge is 2.22. The fraction of sp³-hybridized carbons (Fsp3) is 0.500. The predicted octanol–water partition coefficient (Wildman–Crippen LogP) is 1.48. The van der Waals surface area contributed by atoms with E-state index in [1.807, 2.05) is 0 Å². The zero-order valence-electron chi connectivity index (χ0n) is 12.2. The third-order valence-electron chi connectivity index (χ3n) is 3.86. The summed E-state index contributed by atoms with van der Waals surface area (Å²) in [4.78, 5) is 8.23. The van der Waals surface area contributed by atoms with Gasteiger partial charge in [-0.25, -0.2) is 18.1 Å². The van der Waals surface area contributed by atoms with Gasteiger partial charge in [-0.15, -0.1) is 0 Å². The van der Waals surface area contributed by atoms with Crippen LogP contribution in [0.15, 0.2) is 24.5 Å². The van der Waals surface area contributed by atoms with E-state index >= 15 is 0 Å². The van der Waals surface area contributed by atoms with Crippen molar-refractivity contribution in [1.82, 2.24) is 24.9 Å². The molecule has 0 spiro atoms. The first-order chi connectivity index (χ1) is 10.6. The summed E-state index contributed by atoms with van der Waals surface area (Å²) in [7, 11) is -3.27. The predicted molar refractivity (Wildman–Crippen MR) is 82.2 cm³/mol. The largest absolute Gasteiger partial charge is 0.265 e. The number of hydrogen-bond donors (Lipinski definition) is 2. The second kappa shape index (κ2) is 6.53. The zero-order chi connectivity index (χ0) is 15.4. The minimum absolute atomic E-state index is 0.132. The van der Waals surface area contributed by atoms with Crippen molar-refractivity contribution in [3.63, 3.8) is 0 Å². The summed E-state index contributed by atoms with van der Waals surface area (Å²) in [6, 6.07) is 3.61. The molecular formula is C14H19N5O2S. The standard InChI is InChI=1S/C14H19N5O2S/c20-22(21,10-11-3-1-2-4-11)16-9-13-17-14(19-18-13)12-5-7-15-8-6-12/h5-8,11,16H,1-4,9-10H2,(H,17,18,19). The van der Waals surface area contributed by atoms with Crippen molar-refractivity contribution in [2.75, 3.05) is 5.75 Å². The Hall–Kier alpha value is -1.80. The zero-order valence-corrected chi connectivity index (χ0v) is 13.0. The molecule has 0 aliphatic heterocycles. The topological polar surface area (TPSA) is 101 Å². The van der Waals surface area contributed by atoms with Gasteiger partial charge in [0.1, 0.15) is 5.82 Å². The maximum atomic E-state index is 12.1. The van der Waals surface area contributed by atoms with Crippen LogP contribution in [0, 0.1) is 5.92 Å². The summed E-state index contributed by atoms with van der Waals surface area (Å²) >= 11 is 0. The fourth-order valence-electron chi connectivity index (χ4n) is 2.73. The number of sulfonamides is 1. The van der Waals surface area contributed by atoms with Crippen molar-refractivity contribution in [2.24, 2.45) is 5.92 Å². The lowest BCUT2D eigenvalue weighted by atomic mass is 10.1. The van der Waals surface area contributed by atoms with Crippen molar-refractivity contribution < 1.29 is 8.42 Å². The molecule has 1 fully saturated rings. The van der Waals surface area contributed by atoms with Gasteiger partial charge in [-0.1, -0.05) is 12.8 Å². The van der Waals surface area contributed by atoms with Gasteiger partial charge in [-0.05, 0) is 30.9 Å². The Balaban J connectivity index is 1.58. The third-order valence-corrected chi connectivity index (χ3v) is 5.35. The Kier molecular flexibility index (Phi) is 4.49. The molecule has 3 rings (SSSR count). The molecule has 7 nitrogen and oxygen atoms in total. The van der Waals surface area contributed by atoms with Crippen molar-refractivity contribution >= 4 is 10.0 Å². The van der Waals surface area contributed by atoms with E-state index in [0.29, 0.717) is 17.6 Å². The van der Waals surface area contributed by atoms with Crippen LogP contribution in [0.3, 0.4) is 0 Å². The molecule has 2 N–H and O–H groups in total. The third kappa shape index (κ3) is 3.89. The molecule has 1 aliphatic carbocycles. The van der Waals surface area contributed by atoms with Crippen LogP contribution < -0.4 is 4.72 Å². The fourth-order valence-corrected chi connectivity index (χ4v) is 4.16. The lowest BCUT2D eigenvalue weighted by Crippen LogP contribution is -2.29. The van der Waals surface area contributed by atoms with E-state index in [4.69, 9.17) is 0 Å². The molecule has 118 valence electrons. The van der Waals surface area contributed by atoms with Crippen LogP contribution >= 0.6 is 0 Å². The minimum Gasteiger partial charge on any atom is -0.265 e. The smallest absolute Gasteiger partial charge is 0.212 e. The molecule has 2 heterocycles. The van der Waals surface area contributed by atoms with Crippen LogP contribution in [0.2, 0.25) is 0 Å². The van der Waals surface area contributed by atoms with Gasteiger partial charge in [0.05, 0.1) is 12.3 Å². The van der Waals surface area contributed by atoms with Crippen molar-refractivity contribution in [3.8, 4) is 11.4 Å². The van der Waals surface area contributed by atoms with Gasteiger partial charge in [-0.3, -0.25) is 10.1 Å². The second-order valence-corrected chi connectivity index (χ2v) is 7.45. The molecule has 8 heteroatoms. The quantitative estimate of drug-likeness (QED) is 0.839. The number of H-pyrrole nitrogens is 1. The number of pyridine rings is 1. The van der Waals surface area contributed by atoms with Gasteiger partial charge in [-0.2, -0.15) is 5.10 Å². The molecule has 2 aromatic rings. The van der Waals surface area contributed by atoms with Crippen molar-refractivity contribution in [1.29, 1.82) is 0 Å². The van der Waals surface area contributed by atoms with Crippen LogP contribution in [-0.4, -0.2) is 34.3 Å². The van der Waals surface area contributed by atoms with E-state index < -0.39 is 10.0 Å². The molecule has 0 saturated heterocycles. The Morgan fingerprint density at radius 3 is 2.68 bits per heavy atom. The summed E-state index contributed by atoms with van der Waals surface area (Å²) in [5.74, 6) is 1.53. The second-order valence-electron chi connectivity index (χ2n) is 5.59. The van der Waals surface area contributed by atoms with Crippen molar-refractivity contribution in [3.05, 3.63) is 30.4 Å². The van der Waals surface area contributed by atoms with Gasteiger partial charge in [0.25, 0.3) is 0 Å². The van der Waals surface area contributed by atoms with E-state index in [1.54, 1.807) is 24.5 Å². The van der Waals surface area contributed by atoms with E-state index in [9.17, 15) is 8.42 Å². The summed E-state index contributed by atoms with van der Waals surface area (Å²) in [6.07, 6.45) is 7.62. The molecule has 0 aromatic carbocycles. The Morgan fingerprint density at radius 1 is 1.23 bits per heavy atom. The maximum Gasteiger partial charge on any atom is 0.212 e. The molecule has 0 unspecified atom stereocenters. The van der Waals surface area contributed by atoms with Crippen LogP contribution in [0.25, 0.3) is 11.4 Å². The lowest BCUT2D eigenvalue weighted by molar-refractivity contribution is 0.546. The van der Waals surface area contributed by atoms with Gasteiger partial charge < -0.3 is 0 Å². The van der Waals surface area contributed by atoms with Crippen molar-refractivity contribution in [2.45, 2.75) is 32.2 Å². The first-order valence-corrected chi connectivity index (χ1v) is 9.07. The summed E-state index contributed by atoms with van der Waals surface area (Å²) in [5.41, 5.74) is 0.839. The normalized spacial score (nSPS) is 16.2. The molecule has 0 amide bonds. The first kappa shape index (κ1) is 15.1. The molecular weight excluding hydrogens is 302 g/mol. The van der Waals surface area contributed by atoms with Gasteiger partial charge in [0, 0.05) is 18.0 Å². The van der Waals surface area contributed by atoms with E-state index in [2.05, 4.69) is 24.9 Å². The number of aromatic nitrogens is 4. The van der Waals surface area contributed by atoms with Crippen LogP contribution in [0.4, 0.5) is 0 Å². The highest BCUT2D eigenvalue weighted by atomic mass is 32.2. The number of hydrogen-bond acceptors (Lipinski definition) is 5. The lowest BCUT2D eigenvalue weighted by Gasteiger charge is -2.09.